The number of hydrogen-bond donors (Lipinski definition) is 3. The van der Waals surface area contributed by atoms with Crippen LogP contribution in [0, 0.1) is 13.8 Å². The highest BCUT2D eigenvalue weighted by Crippen LogP contribution is 2.28. The Labute approximate surface area is 109 Å². The van der Waals surface area contributed by atoms with Gasteiger partial charge in [-0.1, -0.05) is 6.07 Å². The van der Waals surface area contributed by atoms with Gasteiger partial charge in [-0.2, -0.15) is 0 Å². The number of benzene rings is 1. The van der Waals surface area contributed by atoms with Crippen molar-refractivity contribution in [2.24, 2.45) is 0 Å². The summed E-state index contributed by atoms with van der Waals surface area (Å²) in [4.78, 5) is 25.4. The monoisotopic (exact) mass is 259 g/mol. The number of aryl methyl sites for hydroxylation is 2. The molecule has 0 aliphatic rings. The van der Waals surface area contributed by atoms with Crippen molar-refractivity contribution >= 4 is 5.97 Å². The average molecular weight is 259 g/mol. The van der Waals surface area contributed by atoms with Crippen LogP contribution in [0.25, 0.3) is 11.1 Å². The summed E-state index contributed by atoms with van der Waals surface area (Å²) in [5.41, 5.74) is 1.59. The highest BCUT2D eigenvalue weighted by atomic mass is 16.4. The number of aromatic nitrogens is 1. The van der Waals surface area contributed by atoms with Crippen LogP contribution in [0.3, 0.4) is 0 Å². The third-order valence-electron chi connectivity index (χ3n) is 2.89. The van der Waals surface area contributed by atoms with Crippen LogP contribution in [-0.4, -0.2) is 21.2 Å². The summed E-state index contributed by atoms with van der Waals surface area (Å²) in [7, 11) is 0. The molecule has 0 saturated heterocycles. The fraction of sp³-hybridized carbons (Fsp3) is 0.143. The predicted octanol–water partition coefficient (Wildman–Crippen LogP) is 2.06. The van der Waals surface area contributed by atoms with E-state index in [0.717, 1.165) is 0 Å². The summed E-state index contributed by atoms with van der Waals surface area (Å²) >= 11 is 0. The van der Waals surface area contributed by atoms with Crippen molar-refractivity contribution in [1.82, 2.24) is 4.98 Å². The van der Waals surface area contributed by atoms with Crippen LogP contribution in [0.5, 0.6) is 5.75 Å². The molecule has 0 fully saturated rings. The first-order chi connectivity index (χ1) is 8.90. The van der Waals surface area contributed by atoms with E-state index in [1.807, 2.05) is 0 Å². The first-order valence-electron chi connectivity index (χ1n) is 5.67. The summed E-state index contributed by atoms with van der Waals surface area (Å²) in [6, 6.07) is 5.86. The molecule has 0 amide bonds. The summed E-state index contributed by atoms with van der Waals surface area (Å²) in [6.45, 7) is 3.37. The third kappa shape index (κ3) is 2.35. The smallest absolute Gasteiger partial charge is 0.335 e. The lowest BCUT2D eigenvalue weighted by Crippen LogP contribution is -2.11. The molecule has 3 N–H and O–H groups in total. The molecule has 0 saturated carbocycles. The van der Waals surface area contributed by atoms with E-state index in [9.17, 15) is 14.7 Å². The van der Waals surface area contributed by atoms with Gasteiger partial charge in [0.1, 0.15) is 5.75 Å². The van der Waals surface area contributed by atoms with Crippen LogP contribution in [0.2, 0.25) is 0 Å². The maximum Gasteiger partial charge on any atom is 0.335 e. The second-order valence-corrected chi connectivity index (χ2v) is 4.38. The number of carboxylic acid groups (broad SMARTS) is 1. The topological polar surface area (TPSA) is 90.4 Å². The molecule has 1 heterocycles. The fourth-order valence-corrected chi connectivity index (χ4v) is 2.01. The van der Waals surface area contributed by atoms with Gasteiger partial charge in [0.05, 0.1) is 11.1 Å². The van der Waals surface area contributed by atoms with Crippen LogP contribution in [0.4, 0.5) is 0 Å². The molecule has 0 aliphatic heterocycles. The number of rotatable bonds is 2. The van der Waals surface area contributed by atoms with Gasteiger partial charge in [-0.25, -0.2) is 4.79 Å². The molecule has 1 aromatic carbocycles. The Morgan fingerprint density at radius 1 is 1.21 bits per heavy atom. The molecule has 0 unspecified atom stereocenters. The Hall–Kier alpha value is -2.56. The number of H-pyrrole nitrogens is 1. The van der Waals surface area contributed by atoms with Crippen LogP contribution in [0.15, 0.2) is 29.1 Å². The molecule has 0 aliphatic carbocycles. The second kappa shape index (κ2) is 4.61. The quantitative estimate of drug-likeness (QED) is 0.770. The first kappa shape index (κ1) is 12.9. The van der Waals surface area contributed by atoms with Gasteiger partial charge in [0.25, 0.3) is 5.56 Å². The van der Waals surface area contributed by atoms with Gasteiger partial charge >= 0.3 is 5.97 Å². The molecule has 0 radical (unpaired) electrons. The van der Waals surface area contributed by atoms with Gasteiger partial charge in [0, 0.05) is 5.69 Å². The van der Waals surface area contributed by atoms with Crippen molar-refractivity contribution in [3.8, 4) is 16.9 Å². The van der Waals surface area contributed by atoms with Crippen LogP contribution in [0.1, 0.15) is 21.6 Å². The molecular weight excluding hydrogens is 246 g/mol. The van der Waals surface area contributed by atoms with Crippen molar-refractivity contribution in [3.05, 3.63) is 51.4 Å². The second-order valence-electron chi connectivity index (χ2n) is 4.38. The van der Waals surface area contributed by atoms with E-state index >= 15 is 0 Å². The molecule has 0 bridgehead atoms. The lowest BCUT2D eigenvalue weighted by atomic mass is 9.98. The summed E-state index contributed by atoms with van der Waals surface area (Å²) in [5, 5.41) is 18.8. The zero-order chi connectivity index (χ0) is 14.2. The largest absolute Gasteiger partial charge is 0.507 e. The van der Waals surface area contributed by atoms with E-state index < -0.39 is 11.5 Å². The highest BCUT2D eigenvalue weighted by molar-refractivity contribution is 5.89. The molecule has 2 aromatic rings. The minimum atomic E-state index is -1.03. The first-order valence-corrected chi connectivity index (χ1v) is 5.67. The molecular formula is C14H13NO4. The molecule has 98 valence electrons. The maximum atomic E-state index is 11.9. The molecule has 5 nitrogen and oxygen atoms in total. The van der Waals surface area contributed by atoms with Crippen molar-refractivity contribution < 1.29 is 15.0 Å². The number of aromatic amines is 1. The van der Waals surface area contributed by atoms with E-state index in [0.29, 0.717) is 16.8 Å². The average Bonchev–Trinajstić information content (AvgIpc) is 2.29. The number of carbonyl (C=O) groups is 1. The number of pyridine rings is 1. The van der Waals surface area contributed by atoms with E-state index in [2.05, 4.69) is 4.98 Å². The standard InChI is InChI=1S/C14H13NO4/c1-7-5-9(14(18)19)3-4-10(7)12-11(16)6-8(2)15-13(12)17/h3-6H,1-2H3,(H,18,19)(H2,15,16,17). The van der Waals surface area contributed by atoms with Gasteiger partial charge in [-0.15, -0.1) is 0 Å². The molecule has 1 aromatic heterocycles. The van der Waals surface area contributed by atoms with Gasteiger partial charge in [0.2, 0.25) is 0 Å². The molecule has 0 spiro atoms. The Balaban J connectivity index is 2.67. The number of hydrogen-bond acceptors (Lipinski definition) is 3. The third-order valence-corrected chi connectivity index (χ3v) is 2.89. The fourth-order valence-electron chi connectivity index (χ4n) is 2.01. The van der Waals surface area contributed by atoms with Crippen LogP contribution >= 0.6 is 0 Å². The summed E-state index contributed by atoms with van der Waals surface area (Å²) in [5.74, 6) is -1.15. The highest BCUT2D eigenvalue weighted by Gasteiger charge is 2.14. The number of aromatic hydroxyl groups is 1. The van der Waals surface area contributed by atoms with E-state index in [1.165, 1.54) is 24.3 Å². The van der Waals surface area contributed by atoms with E-state index in [4.69, 9.17) is 5.11 Å². The van der Waals surface area contributed by atoms with Crippen molar-refractivity contribution in [1.29, 1.82) is 0 Å². The van der Waals surface area contributed by atoms with Gasteiger partial charge < -0.3 is 15.2 Å². The van der Waals surface area contributed by atoms with Crippen LogP contribution in [-0.2, 0) is 0 Å². The van der Waals surface area contributed by atoms with E-state index in [1.54, 1.807) is 13.8 Å². The van der Waals surface area contributed by atoms with Crippen LogP contribution < -0.4 is 5.56 Å². The molecule has 0 atom stereocenters. The lowest BCUT2D eigenvalue weighted by molar-refractivity contribution is 0.0697. The van der Waals surface area contributed by atoms with Crippen molar-refractivity contribution in [3.63, 3.8) is 0 Å². The molecule has 2 rings (SSSR count). The minimum absolute atomic E-state index is 0.118. The Morgan fingerprint density at radius 3 is 2.42 bits per heavy atom. The SMILES string of the molecule is Cc1cc(O)c(-c2ccc(C(=O)O)cc2C)c(=O)[nH]1. The number of carboxylic acids is 1. The number of nitrogens with one attached hydrogen (secondary N) is 1. The number of aromatic carboxylic acids is 1. The van der Waals surface area contributed by atoms with Gasteiger partial charge in [-0.05, 0) is 43.2 Å². The van der Waals surface area contributed by atoms with Crippen molar-refractivity contribution in [2.45, 2.75) is 13.8 Å². The zero-order valence-corrected chi connectivity index (χ0v) is 10.5. The van der Waals surface area contributed by atoms with Gasteiger partial charge in [-0.3, -0.25) is 4.79 Å². The maximum absolute atomic E-state index is 11.9. The minimum Gasteiger partial charge on any atom is -0.507 e. The molecule has 19 heavy (non-hydrogen) atoms. The Bertz CT molecular complexity index is 716. The summed E-state index contributed by atoms with van der Waals surface area (Å²) < 4.78 is 0. The lowest BCUT2D eigenvalue weighted by Gasteiger charge is -2.09. The zero-order valence-electron chi connectivity index (χ0n) is 10.5. The Kier molecular flexibility index (Phi) is 3.12. The Morgan fingerprint density at radius 2 is 1.89 bits per heavy atom. The van der Waals surface area contributed by atoms with Gasteiger partial charge in [0.15, 0.2) is 0 Å². The van der Waals surface area contributed by atoms with Crippen molar-refractivity contribution in [2.75, 3.05) is 0 Å². The predicted molar refractivity (Wildman–Crippen MR) is 70.6 cm³/mol. The summed E-state index contributed by atoms with van der Waals surface area (Å²) in [6.07, 6.45) is 0. The molecule has 5 heteroatoms. The normalized spacial score (nSPS) is 10.4. The van der Waals surface area contributed by atoms with E-state index in [-0.39, 0.29) is 16.9 Å².